The number of carbonyl (C=O) groups is 4. The Bertz CT molecular complexity index is 1160. The molecule has 0 spiro atoms. The lowest BCUT2D eigenvalue weighted by molar-refractivity contribution is -0.177. The molecule has 0 heterocycles. The highest BCUT2D eigenvalue weighted by Gasteiger charge is 2.66. The van der Waals surface area contributed by atoms with Gasteiger partial charge in [0.15, 0.2) is 17.2 Å². The van der Waals surface area contributed by atoms with Gasteiger partial charge < -0.3 is 25.2 Å². The quantitative estimate of drug-likeness (QED) is 0.394. The number of ketones is 3. The van der Waals surface area contributed by atoms with Gasteiger partial charge in [-0.15, -0.1) is 0 Å². The molecule has 1 saturated carbocycles. The van der Waals surface area contributed by atoms with Gasteiger partial charge in [-0.1, -0.05) is 19.1 Å². The average Bonchev–Trinajstić information content (AvgIpc) is 2.70. The van der Waals surface area contributed by atoms with Gasteiger partial charge in [0, 0.05) is 30.8 Å². The summed E-state index contributed by atoms with van der Waals surface area (Å²) in [4.78, 5) is 50.2. The molecule has 0 saturated heterocycles. The number of carbonyl (C=O) groups excluding carboxylic acids is 4. The van der Waals surface area contributed by atoms with E-state index in [0.29, 0.717) is 5.56 Å². The number of hydrogen-bond donors (Lipinski definition) is 4. The fourth-order valence-corrected chi connectivity index (χ4v) is 5.38. The molecule has 9 nitrogen and oxygen atoms in total. The molecule has 0 aliphatic heterocycles. The molecule has 5 atom stereocenters. The van der Waals surface area contributed by atoms with Crippen molar-refractivity contribution in [2.45, 2.75) is 44.8 Å². The highest BCUT2D eigenvalue weighted by atomic mass is 16.5. The predicted molar refractivity (Wildman–Crippen MR) is 109 cm³/mol. The van der Waals surface area contributed by atoms with Crippen LogP contribution in [-0.4, -0.2) is 55.5 Å². The van der Waals surface area contributed by atoms with Crippen LogP contribution in [0, 0.1) is 11.8 Å². The van der Waals surface area contributed by atoms with E-state index in [-0.39, 0.29) is 16.9 Å². The zero-order valence-corrected chi connectivity index (χ0v) is 17.6. The minimum Gasteiger partial charge on any atom is -0.508 e. The molecule has 0 radical (unpaired) electrons. The summed E-state index contributed by atoms with van der Waals surface area (Å²) in [6.07, 6.45) is -1.80. The molecular weight excluding hydrogens is 420 g/mol. The second-order valence-corrected chi connectivity index (χ2v) is 8.50. The van der Waals surface area contributed by atoms with Gasteiger partial charge in [0.05, 0.1) is 5.56 Å². The molecule has 4 rings (SSSR count). The number of benzene rings is 1. The highest BCUT2D eigenvalue weighted by Crippen LogP contribution is 2.56. The van der Waals surface area contributed by atoms with E-state index in [0.717, 1.165) is 13.8 Å². The van der Waals surface area contributed by atoms with E-state index < -0.39 is 76.3 Å². The Kier molecular flexibility index (Phi) is 4.78. The third-order valence-electron chi connectivity index (χ3n) is 6.74. The fourth-order valence-electron chi connectivity index (χ4n) is 5.38. The van der Waals surface area contributed by atoms with Gasteiger partial charge in [0.25, 0.3) is 0 Å². The fraction of sp³-hybridized carbons (Fsp3) is 0.391. The maximum Gasteiger partial charge on any atom is 0.302 e. The molecule has 0 aromatic heterocycles. The number of aliphatic hydroxyl groups is 3. The maximum absolute atomic E-state index is 13.6. The number of phenols is 1. The monoisotopic (exact) mass is 442 g/mol. The standard InChI is InChI=1S/C23H22O9/c1-8-11-5-4-6-13(26)17(11)19(28)18-15(8)20(32-10(3)25)12-7-14(27)16(9(2)24)21(29)23(12,31)22(18)30/h4-6,8,12,15,20,26,28-29,31H,7H2,1-3H3. The molecule has 0 bridgehead atoms. The predicted octanol–water partition coefficient (Wildman–Crippen LogP) is 1.63. The number of allylic oxidation sites excluding steroid dienone is 1. The number of phenolic OH excluding ortho intramolecular Hbond substituents is 1. The van der Waals surface area contributed by atoms with E-state index in [9.17, 15) is 39.6 Å². The van der Waals surface area contributed by atoms with Crippen molar-refractivity contribution in [3.05, 3.63) is 46.2 Å². The SMILES string of the molecule is CC(=O)OC1C2C(=C(O)c3c(O)cccc3C2C)C(=O)C2(O)C(O)=C(C(C)=O)C(=O)CC12. The number of aliphatic hydroxyl groups excluding tert-OH is 2. The Balaban J connectivity index is 2.06. The number of rotatable bonds is 2. The molecule has 1 aromatic rings. The Hall–Kier alpha value is -3.46. The minimum atomic E-state index is -2.77. The number of fused-ring (bicyclic) bond motifs is 3. The topological polar surface area (TPSA) is 158 Å². The van der Waals surface area contributed by atoms with E-state index in [4.69, 9.17) is 4.74 Å². The van der Waals surface area contributed by atoms with Crippen LogP contribution in [0.1, 0.15) is 44.2 Å². The summed E-state index contributed by atoms with van der Waals surface area (Å²) in [5.41, 5.74) is -3.34. The lowest BCUT2D eigenvalue weighted by Crippen LogP contribution is -2.64. The van der Waals surface area contributed by atoms with Crippen molar-refractivity contribution >= 4 is 29.1 Å². The normalized spacial score (nSPS) is 31.6. The van der Waals surface area contributed by atoms with Crippen molar-refractivity contribution in [3.63, 3.8) is 0 Å². The smallest absolute Gasteiger partial charge is 0.302 e. The van der Waals surface area contributed by atoms with E-state index in [1.54, 1.807) is 19.1 Å². The van der Waals surface area contributed by atoms with Gasteiger partial charge >= 0.3 is 5.97 Å². The zero-order valence-electron chi connectivity index (χ0n) is 17.6. The van der Waals surface area contributed by atoms with Crippen molar-refractivity contribution in [1.29, 1.82) is 0 Å². The molecule has 32 heavy (non-hydrogen) atoms. The number of aromatic hydroxyl groups is 1. The summed E-state index contributed by atoms with van der Waals surface area (Å²) in [5, 5.41) is 43.5. The van der Waals surface area contributed by atoms with Crippen LogP contribution >= 0.6 is 0 Å². The Labute approximate surface area is 182 Å². The second kappa shape index (κ2) is 7.03. The van der Waals surface area contributed by atoms with Crippen LogP contribution in [-0.2, 0) is 23.9 Å². The van der Waals surface area contributed by atoms with Crippen molar-refractivity contribution in [2.75, 3.05) is 0 Å². The molecule has 1 fully saturated rings. The van der Waals surface area contributed by atoms with Crippen molar-refractivity contribution in [3.8, 4) is 5.75 Å². The van der Waals surface area contributed by atoms with Gasteiger partial charge in [0.2, 0.25) is 5.78 Å². The molecule has 3 aliphatic carbocycles. The minimum absolute atomic E-state index is 0.00892. The van der Waals surface area contributed by atoms with Gasteiger partial charge in [-0.05, 0) is 24.5 Å². The third-order valence-corrected chi connectivity index (χ3v) is 6.74. The van der Waals surface area contributed by atoms with Crippen LogP contribution < -0.4 is 0 Å². The Morgan fingerprint density at radius 3 is 2.38 bits per heavy atom. The molecule has 1 aromatic carbocycles. The van der Waals surface area contributed by atoms with Gasteiger partial charge in [-0.2, -0.15) is 0 Å². The summed E-state index contributed by atoms with van der Waals surface area (Å²) in [5.74, 6) is -8.45. The van der Waals surface area contributed by atoms with E-state index in [2.05, 4.69) is 0 Å². The van der Waals surface area contributed by atoms with E-state index in [1.807, 2.05) is 0 Å². The lowest BCUT2D eigenvalue weighted by Gasteiger charge is -2.51. The summed E-state index contributed by atoms with van der Waals surface area (Å²) >= 11 is 0. The first-order valence-corrected chi connectivity index (χ1v) is 10.1. The van der Waals surface area contributed by atoms with Gasteiger partial charge in [-0.25, -0.2) is 0 Å². The first kappa shape index (κ1) is 21.8. The van der Waals surface area contributed by atoms with Crippen LogP contribution in [0.4, 0.5) is 0 Å². The first-order chi connectivity index (χ1) is 14.9. The number of hydrogen-bond acceptors (Lipinski definition) is 9. The molecule has 9 heteroatoms. The van der Waals surface area contributed by atoms with Crippen molar-refractivity contribution in [2.24, 2.45) is 11.8 Å². The van der Waals surface area contributed by atoms with E-state index in [1.165, 1.54) is 6.07 Å². The molecule has 4 N–H and O–H groups in total. The first-order valence-electron chi connectivity index (χ1n) is 10.1. The number of Topliss-reactive ketones (excluding diaryl/α,β-unsaturated/α-hetero) is 3. The van der Waals surface area contributed by atoms with Crippen molar-refractivity contribution < 1.29 is 44.3 Å². The zero-order chi connectivity index (χ0) is 23.7. The molecule has 0 amide bonds. The van der Waals surface area contributed by atoms with Crippen molar-refractivity contribution in [1.82, 2.24) is 0 Å². The molecular formula is C23H22O9. The maximum atomic E-state index is 13.6. The summed E-state index contributed by atoms with van der Waals surface area (Å²) in [7, 11) is 0. The summed E-state index contributed by atoms with van der Waals surface area (Å²) < 4.78 is 5.47. The second-order valence-electron chi connectivity index (χ2n) is 8.50. The molecule has 3 aliphatic rings. The summed E-state index contributed by atoms with van der Waals surface area (Å²) in [6, 6.07) is 4.52. The highest BCUT2D eigenvalue weighted by molar-refractivity contribution is 6.23. The van der Waals surface area contributed by atoms with Crippen LogP contribution in [0.2, 0.25) is 0 Å². The van der Waals surface area contributed by atoms with Crippen LogP contribution in [0.25, 0.3) is 5.76 Å². The van der Waals surface area contributed by atoms with E-state index >= 15 is 0 Å². The number of ether oxygens (including phenoxy) is 1. The van der Waals surface area contributed by atoms with Gasteiger partial charge in [-0.3, -0.25) is 19.2 Å². The van der Waals surface area contributed by atoms with Crippen LogP contribution in [0.5, 0.6) is 5.75 Å². The van der Waals surface area contributed by atoms with Gasteiger partial charge in [0.1, 0.15) is 28.9 Å². The Morgan fingerprint density at radius 1 is 1.12 bits per heavy atom. The summed E-state index contributed by atoms with van der Waals surface area (Å²) in [6.45, 7) is 3.83. The van der Waals surface area contributed by atoms with Crippen LogP contribution in [0.15, 0.2) is 35.1 Å². The number of esters is 1. The molecule has 168 valence electrons. The van der Waals surface area contributed by atoms with Crippen LogP contribution in [0.3, 0.4) is 0 Å². The lowest BCUT2D eigenvalue weighted by atomic mass is 9.55. The average molecular weight is 442 g/mol. The molecule has 5 unspecified atom stereocenters. The third kappa shape index (κ3) is 2.67. The largest absolute Gasteiger partial charge is 0.508 e. The Morgan fingerprint density at radius 2 is 1.78 bits per heavy atom.